The standard InChI is InChI=1S/C21H20N6O.ClH/c1-14-4-2-6-17-10-18(20-23-24-25-27(20)19(14)17)13-26(21(28)16-7-8-16)12-15-5-3-9-22-11-15;/h2-6,9-11,16H,7-8,12-13H2,1H3;1H. The summed E-state index contributed by atoms with van der Waals surface area (Å²) in [7, 11) is 0. The van der Waals surface area contributed by atoms with Crippen LogP contribution in [-0.2, 0) is 17.9 Å². The molecule has 0 bridgehead atoms. The maximum absolute atomic E-state index is 13.0. The first kappa shape index (κ1) is 19.3. The van der Waals surface area contributed by atoms with Gasteiger partial charge in [0.05, 0.1) is 5.52 Å². The number of rotatable bonds is 5. The molecule has 1 aliphatic carbocycles. The smallest absolute Gasteiger partial charge is 0.226 e. The average Bonchev–Trinajstić information content (AvgIpc) is 3.44. The monoisotopic (exact) mass is 408 g/mol. The molecule has 5 rings (SSSR count). The van der Waals surface area contributed by atoms with E-state index in [9.17, 15) is 4.79 Å². The first-order valence-corrected chi connectivity index (χ1v) is 9.48. The van der Waals surface area contributed by atoms with Gasteiger partial charge in [0.25, 0.3) is 0 Å². The molecule has 3 aromatic heterocycles. The summed E-state index contributed by atoms with van der Waals surface area (Å²) < 4.78 is 1.78. The van der Waals surface area contributed by atoms with Gasteiger partial charge in [-0.3, -0.25) is 9.78 Å². The Morgan fingerprint density at radius 2 is 2.07 bits per heavy atom. The number of aryl methyl sites for hydroxylation is 1. The zero-order chi connectivity index (χ0) is 19.1. The Morgan fingerprint density at radius 1 is 1.21 bits per heavy atom. The Labute approximate surface area is 174 Å². The van der Waals surface area contributed by atoms with E-state index in [1.54, 1.807) is 10.7 Å². The predicted octanol–water partition coefficient (Wildman–Crippen LogP) is 3.34. The molecule has 1 aromatic carbocycles. The van der Waals surface area contributed by atoms with E-state index in [0.717, 1.165) is 40.4 Å². The van der Waals surface area contributed by atoms with Crippen molar-refractivity contribution in [3.05, 3.63) is 65.5 Å². The van der Waals surface area contributed by atoms with Crippen molar-refractivity contribution in [3.8, 4) is 0 Å². The van der Waals surface area contributed by atoms with Gasteiger partial charge in [0.2, 0.25) is 5.91 Å². The zero-order valence-electron chi connectivity index (χ0n) is 16.0. The SMILES string of the molecule is Cc1cccc2cc(CN(Cc3cccnc3)C(=O)C3CC3)c3nnnn3c12.Cl. The van der Waals surface area contributed by atoms with Gasteiger partial charge in [0, 0.05) is 42.4 Å². The number of fused-ring (bicyclic) bond motifs is 3. The summed E-state index contributed by atoms with van der Waals surface area (Å²) in [6.07, 6.45) is 5.50. The van der Waals surface area contributed by atoms with E-state index >= 15 is 0 Å². The van der Waals surface area contributed by atoms with E-state index in [4.69, 9.17) is 0 Å². The predicted molar refractivity (Wildman–Crippen MR) is 111 cm³/mol. The highest BCUT2D eigenvalue weighted by atomic mass is 35.5. The van der Waals surface area contributed by atoms with Gasteiger partial charge in [-0.05, 0) is 53.5 Å². The first-order valence-electron chi connectivity index (χ1n) is 9.48. The van der Waals surface area contributed by atoms with Crippen molar-refractivity contribution in [1.29, 1.82) is 0 Å². The van der Waals surface area contributed by atoms with E-state index in [1.165, 1.54) is 0 Å². The zero-order valence-corrected chi connectivity index (χ0v) is 16.8. The molecule has 0 radical (unpaired) electrons. The first-order chi connectivity index (χ1) is 13.7. The number of carbonyl (C=O) groups is 1. The van der Waals surface area contributed by atoms with Crippen LogP contribution in [0, 0.1) is 12.8 Å². The average molecular weight is 409 g/mol. The maximum atomic E-state index is 13.0. The van der Waals surface area contributed by atoms with Gasteiger partial charge in [-0.1, -0.05) is 24.3 Å². The van der Waals surface area contributed by atoms with Gasteiger partial charge >= 0.3 is 0 Å². The lowest BCUT2D eigenvalue weighted by Gasteiger charge is -2.23. The number of hydrogen-bond acceptors (Lipinski definition) is 5. The van der Waals surface area contributed by atoms with Gasteiger partial charge in [-0.25, -0.2) is 0 Å². The third-order valence-electron chi connectivity index (χ3n) is 5.26. The molecular formula is C21H21ClN6O. The molecule has 0 spiro atoms. The second-order valence-corrected chi connectivity index (χ2v) is 7.43. The Kier molecular flexibility index (Phi) is 5.15. The minimum Gasteiger partial charge on any atom is -0.334 e. The van der Waals surface area contributed by atoms with Crippen LogP contribution >= 0.6 is 12.4 Å². The van der Waals surface area contributed by atoms with Crippen molar-refractivity contribution < 1.29 is 4.79 Å². The maximum Gasteiger partial charge on any atom is 0.226 e. The number of tetrazole rings is 1. The highest BCUT2D eigenvalue weighted by molar-refractivity contribution is 5.86. The highest BCUT2D eigenvalue weighted by Crippen LogP contribution is 2.32. The molecular weight excluding hydrogens is 388 g/mol. The number of aromatic nitrogens is 5. The molecule has 1 fully saturated rings. The van der Waals surface area contributed by atoms with E-state index in [2.05, 4.69) is 45.6 Å². The fourth-order valence-electron chi connectivity index (χ4n) is 3.71. The van der Waals surface area contributed by atoms with Crippen molar-refractivity contribution in [2.24, 2.45) is 5.92 Å². The number of halogens is 1. The van der Waals surface area contributed by atoms with Crippen molar-refractivity contribution in [2.75, 3.05) is 0 Å². The molecule has 7 nitrogen and oxygen atoms in total. The summed E-state index contributed by atoms with van der Waals surface area (Å²) in [6.45, 7) is 3.05. The largest absolute Gasteiger partial charge is 0.334 e. The number of amides is 1. The third kappa shape index (κ3) is 3.65. The minimum atomic E-state index is 0. The summed E-state index contributed by atoms with van der Waals surface area (Å²) in [5.74, 6) is 0.338. The van der Waals surface area contributed by atoms with Crippen LogP contribution in [0.5, 0.6) is 0 Å². The Morgan fingerprint density at radius 3 is 2.83 bits per heavy atom. The molecule has 0 N–H and O–H groups in total. The molecule has 148 valence electrons. The molecule has 0 unspecified atom stereocenters. The Bertz CT molecular complexity index is 1170. The fraction of sp³-hybridized carbons (Fsp3) is 0.286. The summed E-state index contributed by atoms with van der Waals surface area (Å²) in [5.41, 5.74) is 4.77. The summed E-state index contributed by atoms with van der Waals surface area (Å²) in [5, 5.41) is 13.4. The molecule has 0 atom stereocenters. The number of carbonyl (C=O) groups excluding carboxylic acids is 1. The van der Waals surface area contributed by atoms with Crippen LogP contribution in [0.3, 0.4) is 0 Å². The van der Waals surface area contributed by atoms with Gasteiger partial charge in [-0.2, -0.15) is 4.52 Å². The Hall–Kier alpha value is -3.06. The van der Waals surface area contributed by atoms with Crippen LogP contribution < -0.4 is 0 Å². The van der Waals surface area contributed by atoms with Gasteiger partial charge < -0.3 is 4.90 Å². The van der Waals surface area contributed by atoms with Crippen LogP contribution in [0.25, 0.3) is 16.6 Å². The third-order valence-corrected chi connectivity index (χ3v) is 5.26. The van der Waals surface area contributed by atoms with Crippen molar-refractivity contribution in [1.82, 2.24) is 29.9 Å². The molecule has 29 heavy (non-hydrogen) atoms. The van der Waals surface area contributed by atoms with Crippen LogP contribution in [0.15, 0.2) is 48.8 Å². The van der Waals surface area contributed by atoms with E-state index in [1.807, 2.05) is 29.3 Å². The Balaban J connectivity index is 0.00000205. The number of benzene rings is 1. The van der Waals surface area contributed by atoms with Crippen molar-refractivity contribution in [3.63, 3.8) is 0 Å². The van der Waals surface area contributed by atoms with Crippen LogP contribution in [0.1, 0.15) is 29.5 Å². The number of hydrogen-bond donors (Lipinski definition) is 0. The summed E-state index contributed by atoms with van der Waals surface area (Å²) in [6, 6.07) is 12.1. The molecule has 1 amide bonds. The number of pyridine rings is 2. The summed E-state index contributed by atoms with van der Waals surface area (Å²) >= 11 is 0. The van der Waals surface area contributed by atoms with Gasteiger partial charge in [-0.15, -0.1) is 17.5 Å². The highest BCUT2D eigenvalue weighted by Gasteiger charge is 2.33. The quantitative estimate of drug-likeness (QED) is 0.506. The molecule has 8 heteroatoms. The minimum absolute atomic E-state index is 0. The molecule has 0 saturated heterocycles. The van der Waals surface area contributed by atoms with Crippen LogP contribution in [0.4, 0.5) is 0 Å². The molecule has 0 aliphatic heterocycles. The molecule has 3 heterocycles. The lowest BCUT2D eigenvalue weighted by Crippen LogP contribution is -2.31. The second-order valence-electron chi connectivity index (χ2n) is 7.43. The van der Waals surface area contributed by atoms with E-state index in [-0.39, 0.29) is 24.2 Å². The topological polar surface area (TPSA) is 76.3 Å². The van der Waals surface area contributed by atoms with Crippen LogP contribution in [-0.4, -0.2) is 35.8 Å². The molecule has 1 saturated carbocycles. The molecule has 4 aromatic rings. The van der Waals surface area contributed by atoms with E-state index < -0.39 is 0 Å². The second kappa shape index (κ2) is 7.75. The van der Waals surface area contributed by atoms with Crippen molar-refractivity contribution >= 4 is 34.9 Å². The van der Waals surface area contributed by atoms with Gasteiger partial charge in [0.15, 0.2) is 5.65 Å². The lowest BCUT2D eigenvalue weighted by atomic mass is 10.1. The summed E-state index contributed by atoms with van der Waals surface area (Å²) in [4.78, 5) is 19.0. The van der Waals surface area contributed by atoms with Crippen LogP contribution in [0.2, 0.25) is 0 Å². The van der Waals surface area contributed by atoms with Crippen molar-refractivity contribution in [2.45, 2.75) is 32.9 Å². The number of para-hydroxylation sites is 1. The fourth-order valence-corrected chi connectivity index (χ4v) is 3.71. The van der Waals surface area contributed by atoms with E-state index in [0.29, 0.717) is 18.7 Å². The number of nitrogens with zero attached hydrogens (tertiary/aromatic N) is 6. The lowest BCUT2D eigenvalue weighted by molar-refractivity contribution is -0.133. The molecule has 1 aliphatic rings. The normalized spacial score (nSPS) is 13.4. The van der Waals surface area contributed by atoms with Gasteiger partial charge in [0.1, 0.15) is 0 Å².